The van der Waals surface area contributed by atoms with Crippen LogP contribution in [0.4, 0.5) is 74.6 Å². The summed E-state index contributed by atoms with van der Waals surface area (Å²) in [5.41, 5.74) is -1.15. The van der Waals surface area contributed by atoms with Crippen LogP contribution in [0.15, 0.2) is 40.1 Å². The molecule has 206 valence electrons. The van der Waals surface area contributed by atoms with Gasteiger partial charge in [0.2, 0.25) is 5.83 Å². The van der Waals surface area contributed by atoms with E-state index in [1.54, 1.807) is 0 Å². The van der Waals surface area contributed by atoms with Crippen molar-refractivity contribution in [2.24, 2.45) is 0 Å². The van der Waals surface area contributed by atoms with Crippen LogP contribution in [0.2, 0.25) is 0 Å². The largest absolute Gasteiger partial charge is 1.00 e. The van der Waals surface area contributed by atoms with E-state index >= 15 is 0 Å². The van der Waals surface area contributed by atoms with Crippen LogP contribution in [0.3, 0.4) is 0 Å². The molecule has 1 rings (SSSR count). The fraction of sp³-hybridized carbons (Fsp3) is 0.438. The summed E-state index contributed by atoms with van der Waals surface area (Å²) in [6.07, 6.45) is -7.81. The number of hydrogen-bond acceptors (Lipinski definition) is 3. The Labute approximate surface area is 239 Å². The van der Waals surface area contributed by atoms with E-state index in [0.29, 0.717) is 12.1 Å². The topological polar surface area (TPSA) is 40.1 Å². The maximum Gasteiger partial charge on any atom is 1.00 e. The van der Waals surface area contributed by atoms with Gasteiger partial charge in [0.15, 0.2) is 5.16 Å². The van der Waals surface area contributed by atoms with Gasteiger partial charge in [-0.3, -0.25) is 0 Å². The van der Waals surface area contributed by atoms with E-state index in [2.05, 4.69) is 0 Å². The zero-order chi connectivity index (χ0) is 28.9. The molecule has 0 N–H and O–H groups in total. The summed E-state index contributed by atoms with van der Waals surface area (Å²) in [4.78, 5) is 9.66. The van der Waals surface area contributed by atoms with Crippen molar-refractivity contribution in [3.05, 3.63) is 40.8 Å². The summed E-state index contributed by atoms with van der Waals surface area (Å²) in [5.74, 6) is -56.6. The quantitative estimate of drug-likeness (QED) is 0.240. The molecule has 0 fully saturated rings. The van der Waals surface area contributed by atoms with Gasteiger partial charge in [-0.05, 0) is 6.07 Å². The SMILES string of the molecule is O=C([O-])c1ccccc1SC(F)=C(F)C(F)(F)C(F)(F)C(F)(F)C(F)(F)C(F)(F)C(F)(F)C(F)(F)F.[K+]. The molecule has 0 aliphatic carbocycles. The first-order valence-electron chi connectivity index (χ1n) is 8.11. The molecule has 1 aromatic rings. The van der Waals surface area contributed by atoms with Gasteiger partial charge < -0.3 is 9.90 Å². The predicted octanol–water partition coefficient (Wildman–Crippen LogP) is 3.63. The van der Waals surface area contributed by atoms with Crippen molar-refractivity contribution in [2.75, 3.05) is 0 Å². The van der Waals surface area contributed by atoms with E-state index in [0.717, 1.165) is 12.1 Å². The molecule has 0 unspecified atom stereocenters. The maximum atomic E-state index is 13.8. The number of carboxylic acids is 1. The third-order valence-corrected chi connectivity index (χ3v) is 5.02. The van der Waals surface area contributed by atoms with Gasteiger partial charge in [-0.2, -0.15) is 70.2 Å². The van der Waals surface area contributed by atoms with Crippen LogP contribution in [0, 0.1) is 0 Å². The summed E-state index contributed by atoms with van der Waals surface area (Å²) in [6, 6.07) is 2.68. The number of carbonyl (C=O) groups excluding carboxylic acids is 1. The van der Waals surface area contributed by atoms with Gasteiger partial charge >= 0.3 is 93.1 Å². The first-order chi connectivity index (χ1) is 15.7. The van der Waals surface area contributed by atoms with Crippen LogP contribution in [-0.2, 0) is 0 Å². The van der Waals surface area contributed by atoms with E-state index in [4.69, 9.17) is 0 Å². The first-order valence-corrected chi connectivity index (χ1v) is 8.92. The zero-order valence-corrected chi connectivity index (χ0v) is 20.9. The summed E-state index contributed by atoms with van der Waals surface area (Å²) in [5, 5.41) is 7.45. The molecule has 0 amide bonds. The Morgan fingerprint density at radius 1 is 0.649 bits per heavy atom. The number of halogens is 17. The molecule has 21 heteroatoms. The number of carboxylic acid groups (broad SMARTS) is 1. The number of benzene rings is 1. The van der Waals surface area contributed by atoms with E-state index in [1.165, 1.54) is 0 Å². The van der Waals surface area contributed by atoms with Crippen LogP contribution in [0.1, 0.15) is 10.4 Å². The van der Waals surface area contributed by atoms with Crippen LogP contribution >= 0.6 is 11.8 Å². The Hall–Kier alpha value is -0.774. The predicted molar refractivity (Wildman–Crippen MR) is 81.6 cm³/mol. The summed E-state index contributed by atoms with van der Waals surface area (Å²) in [6.45, 7) is 0. The number of allylic oxidation sites excluding steroid dienone is 1. The molecule has 0 aliphatic rings. The molecule has 37 heavy (non-hydrogen) atoms. The van der Waals surface area contributed by atoms with Crippen molar-refractivity contribution >= 4 is 17.7 Å². The third kappa shape index (κ3) is 5.75. The van der Waals surface area contributed by atoms with Crippen LogP contribution in [-0.4, -0.2) is 47.7 Å². The Morgan fingerprint density at radius 2 is 1.03 bits per heavy atom. The van der Waals surface area contributed by atoms with Gasteiger partial charge in [0, 0.05) is 10.5 Å². The third-order valence-electron chi connectivity index (χ3n) is 4.08. The van der Waals surface area contributed by atoms with Gasteiger partial charge in [-0.15, -0.1) is 0 Å². The van der Waals surface area contributed by atoms with Gasteiger partial charge in [-0.1, -0.05) is 30.0 Å². The van der Waals surface area contributed by atoms with Crippen molar-refractivity contribution in [1.29, 1.82) is 0 Å². The Morgan fingerprint density at radius 3 is 1.43 bits per heavy atom. The molecule has 0 heterocycles. The zero-order valence-electron chi connectivity index (χ0n) is 17.0. The fourth-order valence-corrected chi connectivity index (χ4v) is 2.91. The number of hydrogen-bond donors (Lipinski definition) is 0. The molecule has 0 atom stereocenters. The number of rotatable bonds is 9. The Kier molecular flexibility index (Phi) is 10.8. The van der Waals surface area contributed by atoms with Crippen molar-refractivity contribution in [1.82, 2.24) is 0 Å². The molecule has 0 radical (unpaired) electrons. The molecule has 0 aromatic heterocycles. The second-order valence-electron chi connectivity index (χ2n) is 6.42. The minimum absolute atomic E-state index is 0. The molecular weight excluding hydrogens is 618 g/mol. The number of thioether (sulfide) groups is 1. The number of alkyl halides is 15. The van der Waals surface area contributed by atoms with E-state index in [1.807, 2.05) is 0 Å². The molecule has 1 aromatic carbocycles. The van der Waals surface area contributed by atoms with Crippen molar-refractivity contribution < 1.29 is 136 Å². The first kappa shape index (κ1) is 36.2. The summed E-state index contributed by atoms with van der Waals surface area (Å²) < 4.78 is 224. The minimum atomic E-state index is -8.67. The van der Waals surface area contributed by atoms with Gasteiger partial charge in [-0.25, -0.2) is 4.39 Å². The Bertz CT molecular complexity index is 1030. The normalized spacial score (nSPS) is 15.2. The minimum Gasteiger partial charge on any atom is -0.545 e. The second kappa shape index (κ2) is 11.0. The summed E-state index contributed by atoms with van der Waals surface area (Å²) >= 11 is -1.16. The average Bonchev–Trinajstić information content (AvgIpc) is 2.71. The van der Waals surface area contributed by atoms with Crippen LogP contribution < -0.4 is 56.5 Å². The monoisotopic (exact) mass is 622 g/mol. The molecule has 0 bridgehead atoms. The van der Waals surface area contributed by atoms with E-state index in [9.17, 15) is 84.5 Å². The molecule has 0 saturated carbocycles. The standard InChI is InChI=1S/C16H5F17O2S.K/c17-7(8(18)36-6-4-2-1-3-5(6)9(34)35)10(19,20)11(21,22)12(23,24)13(25,26)14(27,28)15(29,30)16(31,32)33;/h1-4H,(H,34,35);/q;+1/p-1. The molecule has 0 saturated heterocycles. The van der Waals surface area contributed by atoms with Gasteiger partial charge in [0.25, 0.3) is 0 Å². The van der Waals surface area contributed by atoms with Crippen LogP contribution in [0.5, 0.6) is 0 Å². The molecule has 0 aliphatic heterocycles. The summed E-state index contributed by atoms with van der Waals surface area (Å²) in [7, 11) is 0. The molecule has 0 spiro atoms. The number of carbonyl (C=O) groups is 1. The fourth-order valence-electron chi connectivity index (χ4n) is 2.09. The van der Waals surface area contributed by atoms with Crippen molar-refractivity contribution in [3.8, 4) is 0 Å². The smallest absolute Gasteiger partial charge is 0.545 e. The second-order valence-corrected chi connectivity index (χ2v) is 7.42. The number of aromatic carboxylic acids is 1. The van der Waals surface area contributed by atoms with Crippen molar-refractivity contribution in [3.63, 3.8) is 0 Å². The van der Waals surface area contributed by atoms with Crippen LogP contribution in [0.25, 0.3) is 0 Å². The maximum absolute atomic E-state index is 13.8. The van der Waals surface area contributed by atoms with E-state index < -0.39 is 80.9 Å². The average molecular weight is 622 g/mol. The van der Waals surface area contributed by atoms with Crippen molar-refractivity contribution in [2.45, 2.75) is 46.6 Å². The molecule has 2 nitrogen and oxygen atoms in total. The van der Waals surface area contributed by atoms with E-state index in [-0.39, 0.29) is 51.4 Å². The van der Waals surface area contributed by atoms with Gasteiger partial charge in [0.05, 0.1) is 5.97 Å². The van der Waals surface area contributed by atoms with Gasteiger partial charge in [0.1, 0.15) is 0 Å². The Balaban J connectivity index is 0.0000130. The molecular formula is C16H4F17KO2S.